The zero-order chi connectivity index (χ0) is 11.5. The number of fused-ring (bicyclic) bond motifs is 1. The first-order valence-corrected chi connectivity index (χ1v) is 5.82. The summed E-state index contributed by atoms with van der Waals surface area (Å²) in [6.07, 6.45) is 2.11. The van der Waals surface area contributed by atoms with Crippen molar-refractivity contribution < 1.29 is 9.47 Å². The van der Waals surface area contributed by atoms with Crippen molar-refractivity contribution in [1.29, 1.82) is 0 Å². The molecule has 1 aromatic rings. The molecule has 1 aliphatic heterocycles. The van der Waals surface area contributed by atoms with Crippen molar-refractivity contribution in [3.63, 3.8) is 0 Å². The van der Waals surface area contributed by atoms with Gasteiger partial charge in [0.2, 0.25) is 6.79 Å². The second-order valence-corrected chi connectivity index (χ2v) is 4.66. The van der Waals surface area contributed by atoms with Gasteiger partial charge in [-0.05, 0) is 24.8 Å². The predicted molar refractivity (Wildman–Crippen MR) is 70.8 cm³/mol. The molecule has 0 fully saturated rings. The third kappa shape index (κ3) is 3.27. The molecule has 0 saturated heterocycles. The highest BCUT2D eigenvalue weighted by Crippen LogP contribution is 2.38. The molecule has 1 aromatic carbocycles. The Bertz CT molecular complexity index is 368. The standard InChI is InChI=1S/C13H19NO2.ClH/c1-9(2)6-7-11(14)10-4-3-5-12-13(10)16-8-15-12;/h3-5,9,11H,6-8,14H2,1-2H3;1H/t11-;/m0./s1. The van der Waals surface area contributed by atoms with Gasteiger partial charge >= 0.3 is 0 Å². The Morgan fingerprint density at radius 1 is 1.24 bits per heavy atom. The van der Waals surface area contributed by atoms with E-state index in [1.165, 1.54) is 0 Å². The molecule has 96 valence electrons. The van der Waals surface area contributed by atoms with E-state index in [9.17, 15) is 0 Å². The Morgan fingerprint density at radius 3 is 2.71 bits per heavy atom. The van der Waals surface area contributed by atoms with Gasteiger partial charge in [0, 0.05) is 11.6 Å². The van der Waals surface area contributed by atoms with Crippen LogP contribution in [0.2, 0.25) is 0 Å². The van der Waals surface area contributed by atoms with Crippen LogP contribution >= 0.6 is 12.4 Å². The number of halogens is 1. The lowest BCUT2D eigenvalue weighted by Gasteiger charge is -2.15. The molecule has 0 unspecified atom stereocenters. The zero-order valence-corrected chi connectivity index (χ0v) is 11.1. The Balaban J connectivity index is 0.00000144. The van der Waals surface area contributed by atoms with Crippen LogP contribution in [0.3, 0.4) is 0 Å². The molecule has 2 N–H and O–H groups in total. The van der Waals surface area contributed by atoms with Gasteiger partial charge in [-0.2, -0.15) is 0 Å². The molecule has 0 amide bonds. The fourth-order valence-electron chi connectivity index (χ4n) is 1.91. The van der Waals surface area contributed by atoms with Crippen molar-refractivity contribution in [2.75, 3.05) is 6.79 Å². The minimum Gasteiger partial charge on any atom is -0.454 e. The first kappa shape index (κ1) is 14.1. The van der Waals surface area contributed by atoms with Crippen molar-refractivity contribution in [3.8, 4) is 11.5 Å². The molecule has 0 radical (unpaired) electrons. The summed E-state index contributed by atoms with van der Waals surface area (Å²) in [7, 11) is 0. The van der Waals surface area contributed by atoms with E-state index < -0.39 is 0 Å². The van der Waals surface area contributed by atoms with Gasteiger partial charge in [0.05, 0.1) is 0 Å². The van der Waals surface area contributed by atoms with Crippen LogP contribution in [-0.2, 0) is 0 Å². The molecule has 1 heterocycles. The molecule has 1 atom stereocenters. The molecule has 4 heteroatoms. The van der Waals surface area contributed by atoms with E-state index in [0.29, 0.717) is 12.7 Å². The van der Waals surface area contributed by atoms with Gasteiger partial charge in [0.25, 0.3) is 0 Å². The molecule has 0 bridgehead atoms. The summed E-state index contributed by atoms with van der Waals surface area (Å²) in [5.41, 5.74) is 7.25. The molecule has 0 aliphatic carbocycles. The fourth-order valence-corrected chi connectivity index (χ4v) is 1.91. The average Bonchev–Trinajstić information content (AvgIpc) is 2.73. The highest BCUT2D eigenvalue weighted by atomic mass is 35.5. The van der Waals surface area contributed by atoms with Crippen LogP contribution in [-0.4, -0.2) is 6.79 Å². The molecule has 0 spiro atoms. The number of ether oxygens (including phenoxy) is 2. The monoisotopic (exact) mass is 257 g/mol. The van der Waals surface area contributed by atoms with E-state index in [1.54, 1.807) is 0 Å². The lowest BCUT2D eigenvalue weighted by molar-refractivity contribution is 0.173. The molecule has 0 saturated carbocycles. The van der Waals surface area contributed by atoms with Gasteiger partial charge in [0.15, 0.2) is 11.5 Å². The third-order valence-corrected chi connectivity index (χ3v) is 2.88. The maximum Gasteiger partial charge on any atom is 0.231 e. The highest BCUT2D eigenvalue weighted by molar-refractivity contribution is 5.85. The number of hydrogen-bond acceptors (Lipinski definition) is 3. The topological polar surface area (TPSA) is 44.5 Å². The van der Waals surface area contributed by atoms with Gasteiger partial charge in [-0.3, -0.25) is 0 Å². The van der Waals surface area contributed by atoms with Gasteiger partial charge in [-0.1, -0.05) is 26.0 Å². The molecule has 0 aromatic heterocycles. The largest absolute Gasteiger partial charge is 0.454 e. The summed E-state index contributed by atoms with van der Waals surface area (Å²) in [5.74, 6) is 2.33. The molecular formula is C13H20ClNO2. The third-order valence-electron chi connectivity index (χ3n) is 2.88. The minimum atomic E-state index is 0. The SMILES string of the molecule is CC(C)CC[C@H](N)c1cccc2c1OCO2.Cl. The van der Waals surface area contributed by atoms with Crippen molar-refractivity contribution in [2.24, 2.45) is 11.7 Å². The first-order chi connectivity index (χ1) is 7.68. The van der Waals surface area contributed by atoms with Crippen molar-refractivity contribution in [2.45, 2.75) is 32.7 Å². The Labute approximate surface area is 109 Å². The summed E-state index contributed by atoms with van der Waals surface area (Å²) in [5, 5.41) is 0. The minimum absolute atomic E-state index is 0. The maximum absolute atomic E-state index is 6.18. The highest BCUT2D eigenvalue weighted by Gasteiger charge is 2.20. The summed E-state index contributed by atoms with van der Waals surface area (Å²) >= 11 is 0. The predicted octanol–water partition coefficient (Wildman–Crippen LogP) is 3.27. The lowest BCUT2D eigenvalue weighted by atomic mass is 9.97. The van der Waals surface area contributed by atoms with Crippen LogP contribution in [0.5, 0.6) is 11.5 Å². The smallest absolute Gasteiger partial charge is 0.231 e. The lowest BCUT2D eigenvalue weighted by Crippen LogP contribution is -2.12. The zero-order valence-electron chi connectivity index (χ0n) is 10.3. The summed E-state index contributed by atoms with van der Waals surface area (Å²) in [6.45, 7) is 4.73. The van der Waals surface area contributed by atoms with Gasteiger partial charge in [0.1, 0.15) is 0 Å². The maximum atomic E-state index is 6.18. The van der Waals surface area contributed by atoms with E-state index in [0.717, 1.165) is 29.9 Å². The van der Waals surface area contributed by atoms with Crippen molar-refractivity contribution >= 4 is 12.4 Å². The van der Waals surface area contributed by atoms with Crippen LogP contribution in [0.15, 0.2) is 18.2 Å². The number of benzene rings is 1. The first-order valence-electron chi connectivity index (χ1n) is 5.82. The Hall–Kier alpha value is -0.930. The van der Waals surface area contributed by atoms with Crippen LogP contribution in [0.25, 0.3) is 0 Å². The summed E-state index contributed by atoms with van der Waals surface area (Å²) in [4.78, 5) is 0. The molecule has 17 heavy (non-hydrogen) atoms. The number of nitrogens with two attached hydrogens (primary N) is 1. The van der Waals surface area contributed by atoms with E-state index in [-0.39, 0.29) is 18.4 Å². The van der Waals surface area contributed by atoms with E-state index in [4.69, 9.17) is 15.2 Å². The van der Waals surface area contributed by atoms with E-state index in [2.05, 4.69) is 13.8 Å². The van der Waals surface area contributed by atoms with Crippen molar-refractivity contribution in [3.05, 3.63) is 23.8 Å². The second-order valence-electron chi connectivity index (χ2n) is 4.66. The molecular weight excluding hydrogens is 238 g/mol. The second kappa shape index (κ2) is 6.12. The van der Waals surface area contributed by atoms with Crippen molar-refractivity contribution in [1.82, 2.24) is 0 Å². The summed E-state index contributed by atoms with van der Waals surface area (Å²) in [6, 6.07) is 5.96. The van der Waals surface area contributed by atoms with Crippen LogP contribution < -0.4 is 15.2 Å². The fraction of sp³-hybridized carbons (Fsp3) is 0.538. The van der Waals surface area contributed by atoms with Crippen LogP contribution in [0.1, 0.15) is 38.3 Å². The average molecular weight is 258 g/mol. The van der Waals surface area contributed by atoms with Gasteiger partial charge in [-0.15, -0.1) is 12.4 Å². The number of para-hydroxylation sites is 1. The Kier molecular flexibility index (Phi) is 5.09. The Morgan fingerprint density at radius 2 is 2.00 bits per heavy atom. The van der Waals surface area contributed by atoms with Gasteiger partial charge in [-0.25, -0.2) is 0 Å². The van der Waals surface area contributed by atoms with Crippen LogP contribution in [0.4, 0.5) is 0 Å². The van der Waals surface area contributed by atoms with E-state index >= 15 is 0 Å². The summed E-state index contributed by atoms with van der Waals surface area (Å²) < 4.78 is 10.8. The normalized spacial score (nSPS) is 14.6. The van der Waals surface area contributed by atoms with Gasteiger partial charge < -0.3 is 15.2 Å². The quantitative estimate of drug-likeness (QED) is 0.900. The number of hydrogen-bond donors (Lipinski definition) is 1. The molecule has 2 rings (SSSR count). The molecule has 3 nitrogen and oxygen atoms in total. The number of rotatable bonds is 4. The molecule has 1 aliphatic rings. The van der Waals surface area contributed by atoms with E-state index in [1.807, 2.05) is 18.2 Å². The van der Waals surface area contributed by atoms with Crippen LogP contribution in [0, 0.1) is 5.92 Å².